The van der Waals surface area contributed by atoms with Crippen molar-refractivity contribution in [1.29, 1.82) is 0 Å². The van der Waals surface area contributed by atoms with Crippen molar-refractivity contribution in [2.24, 2.45) is 0 Å². The van der Waals surface area contributed by atoms with Crippen LogP contribution in [0.25, 0.3) is 17.3 Å². The molecule has 2 N–H and O–H groups in total. The third kappa shape index (κ3) is 2.23. The van der Waals surface area contributed by atoms with E-state index < -0.39 is 0 Å². The summed E-state index contributed by atoms with van der Waals surface area (Å²) in [5, 5.41) is 4.11. The van der Waals surface area contributed by atoms with Crippen molar-refractivity contribution >= 4 is 5.95 Å². The Bertz CT molecular complexity index is 748. The van der Waals surface area contributed by atoms with Crippen molar-refractivity contribution in [1.82, 2.24) is 24.7 Å². The van der Waals surface area contributed by atoms with E-state index in [4.69, 9.17) is 5.73 Å². The second-order valence-electron chi connectivity index (χ2n) is 4.59. The highest BCUT2D eigenvalue weighted by Crippen LogP contribution is 2.22. The van der Waals surface area contributed by atoms with Gasteiger partial charge in [-0.1, -0.05) is 17.7 Å². The molecule has 2 aromatic heterocycles. The lowest BCUT2D eigenvalue weighted by Gasteiger charge is -2.08. The van der Waals surface area contributed by atoms with E-state index in [2.05, 4.69) is 26.1 Å². The molecule has 0 spiro atoms. The molecule has 0 radical (unpaired) electrons. The summed E-state index contributed by atoms with van der Waals surface area (Å²) in [4.78, 5) is 12.8. The minimum atomic E-state index is 0.182. The van der Waals surface area contributed by atoms with Crippen LogP contribution in [0, 0.1) is 13.8 Å². The van der Waals surface area contributed by atoms with Gasteiger partial charge in [0.15, 0.2) is 5.82 Å². The Balaban J connectivity index is 2.17. The molecule has 0 aliphatic heterocycles. The monoisotopic (exact) mass is 266 g/mol. The number of anilines is 1. The number of aryl methyl sites for hydroxylation is 2. The minimum absolute atomic E-state index is 0.182. The third-order valence-corrected chi connectivity index (χ3v) is 2.98. The maximum absolute atomic E-state index is 5.79. The molecule has 0 aliphatic carbocycles. The number of hydrogen-bond acceptors (Lipinski definition) is 5. The molecular formula is C14H14N6. The summed E-state index contributed by atoms with van der Waals surface area (Å²) in [5.74, 6) is 1.16. The lowest BCUT2D eigenvalue weighted by Crippen LogP contribution is -2.08. The zero-order valence-corrected chi connectivity index (χ0v) is 11.3. The van der Waals surface area contributed by atoms with Crippen LogP contribution in [-0.2, 0) is 0 Å². The van der Waals surface area contributed by atoms with Crippen molar-refractivity contribution in [2.45, 2.75) is 13.8 Å². The molecule has 100 valence electrons. The molecule has 0 saturated carbocycles. The summed E-state index contributed by atoms with van der Waals surface area (Å²) in [5.41, 5.74) is 8.97. The van der Waals surface area contributed by atoms with Gasteiger partial charge in [0.25, 0.3) is 5.95 Å². The molecule has 0 amide bonds. The van der Waals surface area contributed by atoms with Crippen LogP contribution >= 0.6 is 0 Å². The quantitative estimate of drug-likeness (QED) is 0.766. The second kappa shape index (κ2) is 4.73. The van der Waals surface area contributed by atoms with Crippen molar-refractivity contribution in [3.63, 3.8) is 0 Å². The molecule has 0 saturated heterocycles. The number of benzene rings is 1. The second-order valence-corrected chi connectivity index (χ2v) is 4.59. The highest BCUT2D eigenvalue weighted by atomic mass is 15.4. The van der Waals surface area contributed by atoms with E-state index in [9.17, 15) is 0 Å². The molecule has 0 atom stereocenters. The Kier molecular flexibility index (Phi) is 2.90. The number of nitrogen functional groups attached to an aromatic ring is 1. The highest BCUT2D eigenvalue weighted by Gasteiger charge is 2.10. The fourth-order valence-electron chi connectivity index (χ4n) is 1.97. The van der Waals surface area contributed by atoms with Crippen LogP contribution in [0.2, 0.25) is 0 Å². The van der Waals surface area contributed by atoms with Gasteiger partial charge in [-0.3, -0.25) is 0 Å². The number of aromatic nitrogens is 5. The fraction of sp³-hybridized carbons (Fsp3) is 0.143. The van der Waals surface area contributed by atoms with Gasteiger partial charge >= 0.3 is 0 Å². The Morgan fingerprint density at radius 1 is 1.10 bits per heavy atom. The first-order valence-electron chi connectivity index (χ1n) is 6.23. The summed E-state index contributed by atoms with van der Waals surface area (Å²) in [6, 6.07) is 7.94. The topological polar surface area (TPSA) is 82.5 Å². The zero-order chi connectivity index (χ0) is 14.1. The van der Waals surface area contributed by atoms with E-state index in [-0.39, 0.29) is 5.95 Å². The molecule has 0 aliphatic rings. The maximum Gasteiger partial charge on any atom is 0.255 e. The largest absolute Gasteiger partial charge is 0.368 e. The van der Waals surface area contributed by atoms with Crippen LogP contribution in [0.15, 0.2) is 36.7 Å². The van der Waals surface area contributed by atoms with E-state index in [0.29, 0.717) is 11.8 Å². The first-order chi connectivity index (χ1) is 9.63. The molecule has 2 heterocycles. The van der Waals surface area contributed by atoms with Gasteiger partial charge in [0, 0.05) is 18.0 Å². The van der Waals surface area contributed by atoms with Crippen LogP contribution in [0.1, 0.15) is 11.1 Å². The van der Waals surface area contributed by atoms with Crippen molar-refractivity contribution < 1.29 is 0 Å². The fourth-order valence-corrected chi connectivity index (χ4v) is 1.97. The molecule has 6 heteroatoms. The molecule has 3 aromatic rings. The summed E-state index contributed by atoms with van der Waals surface area (Å²) < 4.78 is 1.56. The molecule has 20 heavy (non-hydrogen) atoms. The average Bonchev–Trinajstić information content (AvgIpc) is 2.95. The predicted octanol–water partition coefficient (Wildman–Crippen LogP) is 1.92. The van der Waals surface area contributed by atoms with E-state index >= 15 is 0 Å². The van der Waals surface area contributed by atoms with Gasteiger partial charge < -0.3 is 5.73 Å². The zero-order valence-electron chi connectivity index (χ0n) is 11.3. The van der Waals surface area contributed by atoms with Gasteiger partial charge in [0.1, 0.15) is 0 Å². The first-order valence-corrected chi connectivity index (χ1v) is 6.23. The first kappa shape index (κ1) is 12.3. The van der Waals surface area contributed by atoms with Gasteiger partial charge in [-0.05, 0) is 31.5 Å². The predicted molar refractivity (Wildman–Crippen MR) is 76.3 cm³/mol. The van der Waals surface area contributed by atoms with Gasteiger partial charge in [-0.2, -0.15) is 20.1 Å². The molecule has 0 unspecified atom stereocenters. The van der Waals surface area contributed by atoms with E-state index in [0.717, 1.165) is 16.7 Å². The van der Waals surface area contributed by atoms with Crippen molar-refractivity contribution in [3.8, 4) is 17.3 Å². The third-order valence-electron chi connectivity index (χ3n) is 2.98. The van der Waals surface area contributed by atoms with Crippen LogP contribution < -0.4 is 5.73 Å². The molecule has 0 fully saturated rings. The Hall–Kier alpha value is -2.76. The van der Waals surface area contributed by atoms with Gasteiger partial charge in [0.2, 0.25) is 5.95 Å². The summed E-state index contributed by atoms with van der Waals surface area (Å²) >= 11 is 0. The summed E-state index contributed by atoms with van der Waals surface area (Å²) in [7, 11) is 0. The lowest BCUT2D eigenvalue weighted by molar-refractivity contribution is 0.801. The molecular weight excluding hydrogens is 252 g/mol. The molecule has 3 rings (SSSR count). The summed E-state index contributed by atoms with van der Waals surface area (Å²) in [6.07, 6.45) is 3.43. The van der Waals surface area contributed by atoms with Crippen LogP contribution in [0.5, 0.6) is 0 Å². The van der Waals surface area contributed by atoms with Gasteiger partial charge in [-0.25, -0.2) is 4.68 Å². The normalized spacial score (nSPS) is 10.7. The van der Waals surface area contributed by atoms with Gasteiger partial charge in [0.05, 0.1) is 0 Å². The minimum Gasteiger partial charge on any atom is -0.368 e. The number of nitrogens with two attached hydrogens (primary N) is 1. The number of hydrogen-bond donors (Lipinski definition) is 1. The van der Waals surface area contributed by atoms with Crippen LogP contribution in [0.3, 0.4) is 0 Å². The number of rotatable bonds is 2. The van der Waals surface area contributed by atoms with Crippen LogP contribution in [0.4, 0.5) is 5.95 Å². The standard InChI is InChI=1S/C14H14N6/c1-9-4-5-10(2)11(8-9)12-17-13(15)19-14(18-12)20-7-3-6-16-20/h3-8H,1-2H3,(H2,15,17,18,19). The smallest absolute Gasteiger partial charge is 0.255 e. The molecule has 0 bridgehead atoms. The van der Waals surface area contributed by atoms with E-state index in [1.54, 1.807) is 23.1 Å². The SMILES string of the molecule is Cc1ccc(C)c(-c2nc(N)nc(-n3cccn3)n2)c1. The molecule has 1 aromatic carbocycles. The summed E-state index contributed by atoms with van der Waals surface area (Å²) in [6.45, 7) is 4.05. The highest BCUT2D eigenvalue weighted by molar-refractivity contribution is 5.62. The Morgan fingerprint density at radius 2 is 1.95 bits per heavy atom. The van der Waals surface area contributed by atoms with E-state index in [1.165, 1.54) is 0 Å². The lowest BCUT2D eigenvalue weighted by atomic mass is 10.1. The Morgan fingerprint density at radius 3 is 2.70 bits per heavy atom. The average molecular weight is 266 g/mol. The molecule has 6 nitrogen and oxygen atoms in total. The van der Waals surface area contributed by atoms with E-state index in [1.807, 2.05) is 26.0 Å². The maximum atomic E-state index is 5.79. The van der Waals surface area contributed by atoms with Crippen LogP contribution in [-0.4, -0.2) is 24.7 Å². The van der Waals surface area contributed by atoms with Crippen molar-refractivity contribution in [2.75, 3.05) is 5.73 Å². The number of nitrogens with zero attached hydrogens (tertiary/aromatic N) is 5. The van der Waals surface area contributed by atoms with Crippen molar-refractivity contribution in [3.05, 3.63) is 47.8 Å². The Labute approximate surface area is 116 Å². The van der Waals surface area contributed by atoms with Gasteiger partial charge in [-0.15, -0.1) is 0 Å².